The highest BCUT2D eigenvalue weighted by Gasteiger charge is 2.63. The van der Waals surface area contributed by atoms with Crippen molar-refractivity contribution in [3.63, 3.8) is 0 Å². The van der Waals surface area contributed by atoms with Crippen LogP contribution in [0.5, 0.6) is 0 Å². The molecule has 0 aromatic heterocycles. The zero-order chi connectivity index (χ0) is 18.7. The number of likely N-dealkylation sites (tertiary alicyclic amines) is 1. The molecule has 1 aromatic rings. The van der Waals surface area contributed by atoms with E-state index >= 15 is 0 Å². The van der Waals surface area contributed by atoms with Gasteiger partial charge in [0.15, 0.2) is 0 Å². The Labute approximate surface area is 143 Å². The van der Waals surface area contributed by atoms with E-state index < -0.39 is 35.7 Å². The molecule has 0 N–H and O–H groups in total. The maximum Gasteiger partial charge on any atom is 0.471 e. The summed E-state index contributed by atoms with van der Waals surface area (Å²) in [6.45, 7) is 3.68. The number of hydrogen-bond donors (Lipinski definition) is 0. The summed E-state index contributed by atoms with van der Waals surface area (Å²) in [7, 11) is 2.75. The van der Waals surface area contributed by atoms with Crippen LogP contribution >= 0.6 is 0 Å². The van der Waals surface area contributed by atoms with E-state index in [2.05, 4.69) is 4.74 Å². The second-order valence-corrected chi connectivity index (χ2v) is 6.88. The first-order valence-corrected chi connectivity index (χ1v) is 7.83. The van der Waals surface area contributed by atoms with Crippen molar-refractivity contribution in [3.05, 3.63) is 29.3 Å². The topological polar surface area (TPSA) is 49.9 Å². The van der Waals surface area contributed by atoms with E-state index in [4.69, 9.17) is 0 Å². The number of amides is 1. The van der Waals surface area contributed by atoms with Crippen LogP contribution in [0.4, 0.5) is 18.9 Å². The number of esters is 1. The third-order valence-corrected chi connectivity index (χ3v) is 5.25. The van der Waals surface area contributed by atoms with Crippen LogP contribution in [0.25, 0.3) is 0 Å². The molecule has 0 saturated carbocycles. The summed E-state index contributed by atoms with van der Waals surface area (Å²) in [5.74, 6) is -2.86. The molecule has 0 aliphatic carbocycles. The number of carbonyl (C=O) groups excluding carboxylic acids is 2. The molecule has 0 spiro atoms. The molecule has 1 aromatic carbocycles. The molecule has 1 fully saturated rings. The van der Waals surface area contributed by atoms with Gasteiger partial charge in [0, 0.05) is 18.2 Å². The van der Waals surface area contributed by atoms with E-state index in [1.165, 1.54) is 0 Å². The van der Waals surface area contributed by atoms with Gasteiger partial charge in [-0.25, -0.2) is 4.79 Å². The summed E-state index contributed by atoms with van der Waals surface area (Å²) in [5.41, 5.74) is 1.77. The zero-order valence-electron chi connectivity index (χ0n) is 14.3. The number of nitrogens with zero attached hydrogens (tertiary/aromatic N) is 2. The number of ether oxygens (including phenoxy) is 1. The Balaban J connectivity index is 2.16. The fourth-order valence-electron chi connectivity index (χ4n) is 4.22. The van der Waals surface area contributed by atoms with E-state index in [1.807, 2.05) is 25.1 Å². The minimum absolute atomic E-state index is 0.0763. The number of rotatable bonds is 1. The van der Waals surface area contributed by atoms with E-state index in [9.17, 15) is 22.8 Å². The van der Waals surface area contributed by atoms with E-state index in [1.54, 1.807) is 18.9 Å². The van der Waals surface area contributed by atoms with Crippen LogP contribution < -0.4 is 4.90 Å². The summed E-state index contributed by atoms with van der Waals surface area (Å²) < 4.78 is 44.2. The Morgan fingerprint density at radius 2 is 1.96 bits per heavy atom. The summed E-state index contributed by atoms with van der Waals surface area (Å²) in [4.78, 5) is 26.5. The Kier molecular flexibility index (Phi) is 3.78. The maximum absolute atomic E-state index is 13.2. The molecule has 2 heterocycles. The van der Waals surface area contributed by atoms with Crippen molar-refractivity contribution in [1.29, 1.82) is 0 Å². The van der Waals surface area contributed by atoms with Crippen LogP contribution in [0.1, 0.15) is 24.5 Å². The number of aryl methyl sites for hydroxylation is 1. The molecule has 0 bridgehead atoms. The Morgan fingerprint density at radius 1 is 1.32 bits per heavy atom. The number of likely N-dealkylation sites (N-methyl/N-ethyl adjacent to an activating group) is 1. The van der Waals surface area contributed by atoms with Crippen LogP contribution in [0.15, 0.2) is 18.2 Å². The smallest absolute Gasteiger partial charge is 0.467 e. The second kappa shape index (κ2) is 5.37. The van der Waals surface area contributed by atoms with Crippen LogP contribution in [0.3, 0.4) is 0 Å². The summed E-state index contributed by atoms with van der Waals surface area (Å²) in [6.07, 6.45) is -5.89. The van der Waals surface area contributed by atoms with Crippen molar-refractivity contribution >= 4 is 17.6 Å². The zero-order valence-corrected chi connectivity index (χ0v) is 14.3. The number of anilines is 1. The highest BCUT2D eigenvalue weighted by Crippen LogP contribution is 2.54. The Morgan fingerprint density at radius 3 is 2.52 bits per heavy atom. The van der Waals surface area contributed by atoms with Gasteiger partial charge in [0.05, 0.1) is 7.11 Å². The monoisotopic (exact) mass is 356 g/mol. The van der Waals surface area contributed by atoms with Gasteiger partial charge < -0.3 is 9.64 Å². The molecule has 2 aliphatic heterocycles. The first-order valence-electron chi connectivity index (χ1n) is 7.83. The van der Waals surface area contributed by atoms with Crippen molar-refractivity contribution < 1.29 is 27.5 Å². The van der Waals surface area contributed by atoms with E-state index in [-0.39, 0.29) is 6.42 Å². The Hall–Kier alpha value is -2.25. The van der Waals surface area contributed by atoms with Gasteiger partial charge >= 0.3 is 18.1 Å². The number of benzene rings is 1. The number of carbonyl (C=O) groups is 2. The second-order valence-electron chi connectivity index (χ2n) is 6.88. The normalized spacial score (nSPS) is 28.0. The SMILES string of the molecule is COC(=O)[C@@H]1C[C@@]2(C)c3cc(C)ccc3N(C)[C@H]2N1C(=O)C(F)(F)F. The van der Waals surface area contributed by atoms with Gasteiger partial charge in [0.25, 0.3) is 0 Å². The highest BCUT2D eigenvalue weighted by atomic mass is 19.4. The largest absolute Gasteiger partial charge is 0.471 e. The number of hydrogen-bond acceptors (Lipinski definition) is 4. The fourth-order valence-corrected chi connectivity index (χ4v) is 4.22. The average Bonchev–Trinajstić information content (AvgIpc) is 2.95. The van der Waals surface area contributed by atoms with Crippen LogP contribution in [0, 0.1) is 6.92 Å². The third kappa shape index (κ3) is 2.38. The summed E-state index contributed by atoms with van der Waals surface area (Å²) in [5, 5.41) is 0. The fraction of sp³-hybridized carbons (Fsp3) is 0.529. The van der Waals surface area contributed by atoms with Crippen molar-refractivity contribution in [2.75, 3.05) is 19.1 Å². The van der Waals surface area contributed by atoms with Gasteiger partial charge in [0.1, 0.15) is 12.2 Å². The molecular formula is C17H19F3N2O3. The van der Waals surface area contributed by atoms with Gasteiger partial charge in [-0.15, -0.1) is 0 Å². The minimum Gasteiger partial charge on any atom is -0.467 e. The van der Waals surface area contributed by atoms with E-state index in [0.717, 1.165) is 23.9 Å². The predicted molar refractivity (Wildman–Crippen MR) is 84.0 cm³/mol. The van der Waals surface area contributed by atoms with Crippen molar-refractivity contribution in [2.45, 2.75) is 44.1 Å². The first kappa shape index (κ1) is 17.6. The van der Waals surface area contributed by atoms with Crippen LogP contribution in [0.2, 0.25) is 0 Å². The van der Waals surface area contributed by atoms with Crippen LogP contribution in [-0.4, -0.2) is 49.3 Å². The van der Waals surface area contributed by atoms with E-state index in [0.29, 0.717) is 4.90 Å². The molecule has 0 radical (unpaired) electrons. The molecule has 8 heteroatoms. The maximum atomic E-state index is 13.2. The molecule has 5 nitrogen and oxygen atoms in total. The quantitative estimate of drug-likeness (QED) is 0.725. The molecule has 0 unspecified atom stereocenters. The van der Waals surface area contributed by atoms with Crippen LogP contribution in [-0.2, 0) is 19.7 Å². The van der Waals surface area contributed by atoms with Gasteiger partial charge in [-0.05, 0) is 25.0 Å². The highest BCUT2D eigenvalue weighted by molar-refractivity contribution is 5.90. The summed E-state index contributed by atoms with van der Waals surface area (Å²) >= 11 is 0. The summed E-state index contributed by atoms with van der Waals surface area (Å²) in [6, 6.07) is 4.33. The van der Waals surface area contributed by atoms with Crippen molar-refractivity contribution in [1.82, 2.24) is 4.90 Å². The van der Waals surface area contributed by atoms with Gasteiger partial charge in [-0.1, -0.05) is 24.6 Å². The molecule has 25 heavy (non-hydrogen) atoms. The van der Waals surface area contributed by atoms with Crippen molar-refractivity contribution in [3.8, 4) is 0 Å². The average molecular weight is 356 g/mol. The van der Waals surface area contributed by atoms with Gasteiger partial charge in [0.2, 0.25) is 0 Å². The molecular weight excluding hydrogens is 337 g/mol. The lowest BCUT2D eigenvalue weighted by molar-refractivity contribution is -0.190. The number of methoxy groups -OCH3 is 1. The molecule has 3 atom stereocenters. The van der Waals surface area contributed by atoms with Crippen molar-refractivity contribution in [2.24, 2.45) is 0 Å². The molecule has 2 aliphatic rings. The lowest BCUT2D eigenvalue weighted by Crippen LogP contribution is -2.56. The molecule has 3 rings (SSSR count). The van der Waals surface area contributed by atoms with Gasteiger partial charge in [-0.3, -0.25) is 9.69 Å². The number of halogens is 3. The lowest BCUT2D eigenvalue weighted by atomic mass is 9.79. The van der Waals surface area contributed by atoms with Gasteiger partial charge in [-0.2, -0.15) is 13.2 Å². The molecule has 136 valence electrons. The standard InChI is InChI=1S/C17H19F3N2O3/c1-9-5-6-11-10(7-9)16(2)8-12(13(23)25-4)22(14(16)21(11)3)15(24)17(18,19)20/h5-7,12,14H,8H2,1-4H3/t12-,14-,16-/m0/s1. The predicted octanol–water partition coefficient (Wildman–Crippen LogP) is 2.36. The Bertz CT molecular complexity index is 749. The molecule has 1 amide bonds. The number of fused-ring (bicyclic) bond motifs is 3. The number of alkyl halides is 3. The third-order valence-electron chi connectivity index (χ3n) is 5.25. The first-order chi connectivity index (χ1) is 11.5. The minimum atomic E-state index is -5.07. The lowest BCUT2D eigenvalue weighted by Gasteiger charge is -2.36. The molecule has 1 saturated heterocycles.